The maximum Gasteiger partial charge on any atom is 0.417 e. The van der Waals surface area contributed by atoms with Crippen molar-refractivity contribution in [2.75, 3.05) is 40.0 Å². The summed E-state index contributed by atoms with van der Waals surface area (Å²) < 4.78 is 57.2. The summed E-state index contributed by atoms with van der Waals surface area (Å²) in [6.45, 7) is 0.457. The van der Waals surface area contributed by atoms with Gasteiger partial charge in [-0.15, -0.1) is 0 Å². The Balaban J connectivity index is 1.52. The molecule has 0 radical (unpaired) electrons. The number of alkyl halides is 3. The molecule has 0 saturated carbocycles. The molecule has 1 saturated heterocycles. The fourth-order valence-corrected chi connectivity index (χ4v) is 4.97. The minimum Gasteiger partial charge on any atom is -0.486 e. The number of benzene rings is 2. The SMILES string of the molecule is COC(=O)N1CCN(C(=O)/C=C/c2ccc(Sc3ccc4c(c3)OCCO4)c(C(F)(F)F)c2)C(C(=O)O)C1. The number of aliphatic carboxylic acids is 1. The van der Waals surface area contributed by atoms with Gasteiger partial charge in [0.15, 0.2) is 11.5 Å². The quantitative estimate of drug-likeness (QED) is 0.555. The zero-order valence-electron chi connectivity index (χ0n) is 20.1. The summed E-state index contributed by atoms with van der Waals surface area (Å²) in [7, 11) is 1.16. The highest BCUT2D eigenvalue weighted by atomic mass is 32.2. The minimum atomic E-state index is -4.66. The van der Waals surface area contributed by atoms with E-state index in [4.69, 9.17) is 9.47 Å². The van der Waals surface area contributed by atoms with E-state index in [1.807, 2.05) is 0 Å². The molecule has 38 heavy (non-hydrogen) atoms. The van der Waals surface area contributed by atoms with E-state index >= 15 is 0 Å². The van der Waals surface area contributed by atoms with Gasteiger partial charge in [0, 0.05) is 29.0 Å². The van der Waals surface area contributed by atoms with Crippen molar-refractivity contribution in [2.24, 2.45) is 0 Å². The van der Waals surface area contributed by atoms with Crippen LogP contribution >= 0.6 is 11.8 Å². The Morgan fingerprint density at radius 2 is 1.82 bits per heavy atom. The zero-order chi connectivity index (χ0) is 27.4. The Kier molecular flexibility index (Phi) is 8.05. The Labute approximate surface area is 219 Å². The molecule has 13 heteroatoms. The van der Waals surface area contributed by atoms with E-state index in [2.05, 4.69) is 4.74 Å². The number of carboxylic acid groups (broad SMARTS) is 1. The van der Waals surface area contributed by atoms with Crippen LogP contribution in [0.2, 0.25) is 0 Å². The molecule has 0 aromatic heterocycles. The van der Waals surface area contributed by atoms with Crippen LogP contribution in [0.5, 0.6) is 11.5 Å². The van der Waals surface area contributed by atoms with Crippen molar-refractivity contribution >= 4 is 35.8 Å². The number of piperazine rings is 1. The van der Waals surface area contributed by atoms with Crippen molar-refractivity contribution in [3.05, 3.63) is 53.6 Å². The van der Waals surface area contributed by atoms with E-state index in [0.717, 1.165) is 35.9 Å². The number of ether oxygens (including phenoxy) is 3. The van der Waals surface area contributed by atoms with E-state index in [9.17, 15) is 32.7 Å². The summed E-state index contributed by atoms with van der Waals surface area (Å²) in [5, 5.41) is 9.52. The third-order valence-electron chi connectivity index (χ3n) is 5.85. The molecule has 202 valence electrons. The van der Waals surface area contributed by atoms with E-state index < -0.39 is 35.8 Å². The van der Waals surface area contributed by atoms with Crippen LogP contribution < -0.4 is 9.47 Å². The van der Waals surface area contributed by atoms with Crippen molar-refractivity contribution in [3.63, 3.8) is 0 Å². The lowest BCUT2D eigenvalue weighted by Gasteiger charge is -2.38. The van der Waals surface area contributed by atoms with Crippen LogP contribution in [0.15, 0.2) is 52.3 Å². The second-order valence-electron chi connectivity index (χ2n) is 8.30. The lowest BCUT2D eigenvalue weighted by atomic mass is 10.1. The molecule has 2 amide bonds. The molecular weight excluding hydrogens is 529 g/mol. The molecule has 1 N–H and O–H groups in total. The van der Waals surface area contributed by atoms with Crippen LogP contribution in [0, 0.1) is 0 Å². The van der Waals surface area contributed by atoms with Crippen molar-refractivity contribution in [2.45, 2.75) is 22.0 Å². The second kappa shape index (κ2) is 11.3. The predicted molar refractivity (Wildman–Crippen MR) is 129 cm³/mol. The predicted octanol–water partition coefficient (Wildman–Crippen LogP) is 4.00. The minimum absolute atomic E-state index is 0.0393. The molecule has 1 unspecified atom stereocenters. The Morgan fingerprint density at radius 1 is 1.08 bits per heavy atom. The molecule has 2 aromatic rings. The topological polar surface area (TPSA) is 106 Å². The molecule has 0 spiro atoms. The van der Waals surface area contributed by atoms with Gasteiger partial charge in [-0.25, -0.2) is 9.59 Å². The highest BCUT2D eigenvalue weighted by molar-refractivity contribution is 7.99. The number of halogens is 3. The number of amides is 2. The summed E-state index contributed by atoms with van der Waals surface area (Å²) in [5.41, 5.74) is -0.778. The van der Waals surface area contributed by atoms with Gasteiger partial charge in [-0.1, -0.05) is 17.8 Å². The summed E-state index contributed by atoms with van der Waals surface area (Å²) in [5.74, 6) is -1.04. The molecule has 9 nitrogen and oxygen atoms in total. The number of carbonyl (C=O) groups is 3. The summed E-state index contributed by atoms with van der Waals surface area (Å²) >= 11 is 0.915. The van der Waals surface area contributed by atoms with Gasteiger partial charge in [-0.2, -0.15) is 13.2 Å². The fraction of sp³-hybridized carbons (Fsp3) is 0.320. The lowest BCUT2D eigenvalue weighted by molar-refractivity contribution is -0.151. The van der Waals surface area contributed by atoms with Crippen LogP contribution in [0.4, 0.5) is 18.0 Å². The van der Waals surface area contributed by atoms with Crippen LogP contribution in [0.25, 0.3) is 6.08 Å². The number of hydrogen-bond acceptors (Lipinski definition) is 7. The molecular formula is C25H23F3N2O7S. The maximum atomic E-state index is 13.9. The highest BCUT2D eigenvalue weighted by Crippen LogP contribution is 2.42. The van der Waals surface area contributed by atoms with Gasteiger partial charge in [0.25, 0.3) is 0 Å². The van der Waals surface area contributed by atoms with Gasteiger partial charge in [0.2, 0.25) is 5.91 Å². The third-order valence-corrected chi connectivity index (χ3v) is 6.92. The Hall–Kier alpha value is -3.87. The van der Waals surface area contributed by atoms with Gasteiger partial charge < -0.3 is 29.1 Å². The third kappa shape index (κ3) is 6.15. The number of methoxy groups -OCH3 is 1. The van der Waals surface area contributed by atoms with Gasteiger partial charge in [0.1, 0.15) is 19.3 Å². The van der Waals surface area contributed by atoms with Crippen molar-refractivity contribution in [1.29, 1.82) is 0 Å². The average molecular weight is 553 g/mol. The standard InChI is InChI=1S/C25H23F3N2O7S/c1-35-24(34)29-8-9-30(18(14-29)23(32)33)22(31)7-3-15-2-6-21(17(12-15)25(26,27)28)38-16-4-5-19-20(13-16)37-11-10-36-19/h2-7,12-13,18H,8-11,14H2,1H3,(H,32,33)/b7-3+. The molecule has 2 aliphatic rings. The number of carbonyl (C=O) groups excluding carboxylic acids is 2. The number of rotatable bonds is 5. The van der Waals surface area contributed by atoms with E-state index in [1.54, 1.807) is 18.2 Å². The first-order chi connectivity index (χ1) is 18.1. The van der Waals surface area contributed by atoms with E-state index in [-0.39, 0.29) is 30.1 Å². The highest BCUT2D eigenvalue weighted by Gasteiger charge is 2.37. The molecule has 2 aliphatic heterocycles. The number of nitrogens with zero attached hydrogens (tertiary/aromatic N) is 2. The first-order valence-electron chi connectivity index (χ1n) is 11.4. The van der Waals surface area contributed by atoms with Gasteiger partial charge in [-0.3, -0.25) is 4.79 Å². The Bertz CT molecular complexity index is 1270. The summed E-state index contributed by atoms with van der Waals surface area (Å²) in [4.78, 5) is 38.9. The second-order valence-corrected chi connectivity index (χ2v) is 9.41. The smallest absolute Gasteiger partial charge is 0.417 e. The van der Waals surface area contributed by atoms with Crippen LogP contribution in [0.3, 0.4) is 0 Å². The van der Waals surface area contributed by atoms with Crippen LogP contribution in [-0.4, -0.2) is 78.9 Å². The van der Waals surface area contributed by atoms with Crippen LogP contribution in [0.1, 0.15) is 11.1 Å². The summed E-state index contributed by atoms with van der Waals surface area (Å²) in [6.07, 6.45) is -3.16. The molecule has 1 atom stereocenters. The van der Waals surface area contributed by atoms with Gasteiger partial charge in [0.05, 0.1) is 19.2 Å². The molecule has 2 heterocycles. The monoisotopic (exact) mass is 552 g/mol. The number of carboxylic acids is 1. The molecule has 1 fully saturated rings. The zero-order valence-corrected chi connectivity index (χ0v) is 20.9. The lowest BCUT2D eigenvalue weighted by Crippen LogP contribution is -2.59. The first kappa shape index (κ1) is 27.2. The molecule has 0 bridgehead atoms. The summed E-state index contributed by atoms with van der Waals surface area (Å²) in [6, 6.07) is 7.24. The number of fused-ring (bicyclic) bond motifs is 1. The molecule has 0 aliphatic carbocycles. The van der Waals surface area contributed by atoms with Crippen LogP contribution in [-0.2, 0) is 20.5 Å². The van der Waals surface area contributed by atoms with Gasteiger partial charge >= 0.3 is 18.2 Å². The number of hydrogen-bond donors (Lipinski definition) is 1. The molecule has 4 rings (SSSR count). The molecule has 2 aromatic carbocycles. The fourth-order valence-electron chi connectivity index (χ4n) is 3.99. The first-order valence-corrected chi connectivity index (χ1v) is 12.2. The Morgan fingerprint density at radius 3 is 2.50 bits per heavy atom. The van der Waals surface area contributed by atoms with E-state index in [1.165, 1.54) is 23.1 Å². The van der Waals surface area contributed by atoms with Crippen molar-refractivity contribution in [1.82, 2.24) is 9.80 Å². The van der Waals surface area contributed by atoms with E-state index in [0.29, 0.717) is 29.6 Å². The van der Waals surface area contributed by atoms with Gasteiger partial charge in [-0.05, 0) is 42.0 Å². The van der Waals surface area contributed by atoms with Crippen molar-refractivity contribution < 1.29 is 46.9 Å². The van der Waals surface area contributed by atoms with Crippen molar-refractivity contribution in [3.8, 4) is 11.5 Å². The maximum absolute atomic E-state index is 13.9. The largest absolute Gasteiger partial charge is 0.486 e. The average Bonchev–Trinajstić information content (AvgIpc) is 2.90. The normalized spacial score (nSPS) is 17.4.